The number of nitrogens with zero attached hydrogens (tertiary/aromatic N) is 2. The summed E-state index contributed by atoms with van der Waals surface area (Å²) in [5, 5.41) is 13.2. The Labute approximate surface area is 218 Å². The number of nitro benzene ring substituents is 1. The summed E-state index contributed by atoms with van der Waals surface area (Å²) in [6.45, 7) is 5.96. The third-order valence-electron chi connectivity index (χ3n) is 5.94. The number of hydrogen-bond donors (Lipinski definition) is 1. The minimum Gasteiger partial charge on any atom is -0.490 e. The van der Waals surface area contributed by atoms with Crippen molar-refractivity contribution in [3.05, 3.63) is 98.6 Å². The van der Waals surface area contributed by atoms with Gasteiger partial charge in [0, 0.05) is 12.1 Å². The quantitative estimate of drug-likeness (QED) is 0.196. The van der Waals surface area contributed by atoms with E-state index >= 15 is 0 Å². The summed E-state index contributed by atoms with van der Waals surface area (Å²) in [4.78, 5) is 49.8. The summed E-state index contributed by atoms with van der Waals surface area (Å²) in [7, 11) is 0. The van der Waals surface area contributed by atoms with Gasteiger partial charge in [0.25, 0.3) is 17.5 Å². The molecule has 194 valence electrons. The molecule has 0 radical (unpaired) electrons. The number of non-ortho nitro benzene ring substituents is 1. The number of urea groups is 1. The van der Waals surface area contributed by atoms with Crippen molar-refractivity contribution >= 4 is 35.3 Å². The fraction of sp³-hybridized carbons (Fsp3) is 0.179. The molecule has 1 heterocycles. The molecule has 38 heavy (non-hydrogen) atoms. The Morgan fingerprint density at radius 3 is 2.45 bits per heavy atom. The van der Waals surface area contributed by atoms with Gasteiger partial charge in [-0.1, -0.05) is 24.3 Å². The van der Waals surface area contributed by atoms with Crippen molar-refractivity contribution in [3.63, 3.8) is 0 Å². The maximum absolute atomic E-state index is 13.2. The first-order chi connectivity index (χ1) is 18.2. The molecule has 10 nitrogen and oxygen atoms in total. The van der Waals surface area contributed by atoms with E-state index in [0.717, 1.165) is 16.0 Å². The van der Waals surface area contributed by atoms with Crippen LogP contribution >= 0.6 is 0 Å². The second-order valence-corrected chi connectivity index (χ2v) is 8.58. The Kier molecular flexibility index (Phi) is 7.52. The van der Waals surface area contributed by atoms with Crippen molar-refractivity contribution in [2.75, 3.05) is 11.5 Å². The van der Waals surface area contributed by atoms with Gasteiger partial charge in [-0.15, -0.1) is 0 Å². The molecule has 0 bridgehead atoms. The number of amides is 4. The van der Waals surface area contributed by atoms with Crippen LogP contribution in [0.2, 0.25) is 0 Å². The van der Waals surface area contributed by atoms with Crippen LogP contribution in [-0.2, 0) is 16.2 Å². The number of imide groups is 2. The first-order valence-electron chi connectivity index (χ1n) is 11.8. The number of anilines is 1. The zero-order valence-electron chi connectivity index (χ0n) is 21.0. The summed E-state index contributed by atoms with van der Waals surface area (Å²) in [5.74, 6) is -0.806. The number of carbonyl (C=O) groups excluding carboxylic acids is 3. The number of aryl methyl sites for hydroxylation is 2. The van der Waals surface area contributed by atoms with Crippen molar-refractivity contribution in [2.45, 2.75) is 27.4 Å². The summed E-state index contributed by atoms with van der Waals surface area (Å²) >= 11 is 0. The lowest BCUT2D eigenvalue weighted by molar-refractivity contribution is -0.384. The Morgan fingerprint density at radius 1 is 0.947 bits per heavy atom. The molecule has 3 aromatic carbocycles. The lowest BCUT2D eigenvalue weighted by Crippen LogP contribution is -2.54. The van der Waals surface area contributed by atoms with E-state index < -0.39 is 22.8 Å². The van der Waals surface area contributed by atoms with Crippen molar-refractivity contribution in [2.24, 2.45) is 0 Å². The predicted octanol–water partition coefficient (Wildman–Crippen LogP) is 4.86. The molecule has 0 aromatic heterocycles. The third kappa shape index (κ3) is 5.54. The first-order valence-corrected chi connectivity index (χ1v) is 11.8. The molecular formula is C28H25N3O7. The highest BCUT2D eigenvalue weighted by Crippen LogP contribution is 2.31. The Morgan fingerprint density at radius 2 is 1.74 bits per heavy atom. The standard InChI is InChI=1S/C28H25N3O7/c1-4-37-25-15-19(9-11-24(25)38-16-20-6-5-7-22(13-20)31(35)36)14-23-26(32)29-28(34)30(27(23)33)21-10-8-17(2)18(3)12-21/h5-15H,4,16H2,1-3H3,(H,29,32,34)/b23-14+. The van der Waals surface area contributed by atoms with Gasteiger partial charge in [-0.25, -0.2) is 9.69 Å². The molecule has 1 saturated heterocycles. The van der Waals surface area contributed by atoms with E-state index in [4.69, 9.17) is 9.47 Å². The van der Waals surface area contributed by atoms with E-state index in [-0.39, 0.29) is 17.9 Å². The van der Waals surface area contributed by atoms with Crippen LogP contribution in [0.4, 0.5) is 16.2 Å². The monoisotopic (exact) mass is 515 g/mol. The zero-order chi connectivity index (χ0) is 27.4. The molecule has 10 heteroatoms. The van der Waals surface area contributed by atoms with Crippen molar-refractivity contribution in [1.29, 1.82) is 0 Å². The van der Waals surface area contributed by atoms with Crippen molar-refractivity contribution < 1.29 is 28.8 Å². The second kappa shape index (κ2) is 11.0. The van der Waals surface area contributed by atoms with Gasteiger partial charge >= 0.3 is 6.03 Å². The van der Waals surface area contributed by atoms with Crippen LogP contribution in [0.25, 0.3) is 6.08 Å². The first kappa shape index (κ1) is 26.1. The van der Waals surface area contributed by atoms with Gasteiger partial charge in [-0.3, -0.25) is 25.0 Å². The Balaban J connectivity index is 1.61. The van der Waals surface area contributed by atoms with Crippen LogP contribution < -0.4 is 19.7 Å². The van der Waals surface area contributed by atoms with Crippen LogP contribution in [0, 0.1) is 24.0 Å². The molecule has 0 unspecified atom stereocenters. The van der Waals surface area contributed by atoms with Gasteiger partial charge in [-0.05, 0) is 73.4 Å². The average Bonchev–Trinajstić information content (AvgIpc) is 2.88. The molecule has 3 aromatic rings. The summed E-state index contributed by atoms with van der Waals surface area (Å²) in [5.41, 5.74) is 3.08. The smallest absolute Gasteiger partial charge is 0.335 e. The molecule has 0 spiro atoms. The van der Waals surface area contributed by atoms with Crippen LogP contribution in [-0.4, -0.2) is 29.4 Å². The minimum atomic E-state index is -0.819. The summed E-state index contributed by atoms with van der Waals surface area (Å²) in [6.07, 6.45) is 1.38. The lowest BCUT2D eigenvalue weighted by Gasteiger charge is -2.27. The maximum atomic E-state index is 13.2. The molecule has 4 amide bonds. The van der Waals surface area contributed by atoms with E-state index in [1.165, 1.54) is 18.2 Å². The average molecular weight is 516 g/mol. The summed E-state index contributed by atoms with van der Waals surface area (Å²) < 4.78 is 11.5. The molecule has 1 aliphatic rings. The van der Waals surface area contributed by atoms with E-state index in [0.29, 0.717) is 34.9 Å². The fourth-order valence-corrected chi connectivity index (χ4v) is 3.85. The van der Waals surface area contributed by atoms with Gasteiger partial charge in [0.1, 0.15) is 12.2 Å². The minimum absolute atomic E-state index is 0.0400. The molecule has 1 aliphatic heterocycles. The van der Waals surface area contributed by atoms with Gasteiger partial charge in [0.2, 0.25) is 0 Å². The normalized spacial score (nSPS) is 14.4. The molecule has 1 fully saturated rings. The van der Waals surface area contributed by atoms with E-state index in [2.05, 4.69) is 5.32 Å². The second-order valence-electron chi connectivity index (χ2n) is 8.58. The largest absolute Gasteiger partial charge is 0.490 e. The molecule has 0 aliphatic carbocycles. The highest BCUT2D eigenvalue weighted by Gasteiger charge is 2.37. The number of nitrogens with one attached hydrogen (secondary N) is 1. The number of benzene rings is 3. The van der Waals surface area contributed by atoms with Crippen LogP contribution in [0.15, 0.2) is 66.2 Å². The van der Waals surface area contributed by atoms with Crippen LogP contribution in [0.5, 0.6) is 11.5 Å². The van der Waals surface area contributed by atoms with Gasteiger partial charge < -0.3 is 9.47 Å². The lowest BCUT2D eigenvalue weighted by atomic mass is 10.0. The summed E-state index contributed by atoms with van der Waals surface area (Å²) in [6, 6.07) is 15.3. The topological polar surface area (TPSA) is 128 Å². The van der Waals surface area contributed by atoms with E-state index in [1.54, 1.807) is 55.5 Å². The van der Waals surface area contributed by atoms with Crippen molar-refractivity contribution in [1.82, 2.24) is 5.32 Å². The number of hydrogen-bond acceptors (Lipinski definition) is 7. The zero-order valence-corrected chi connectivity index (χ0v) is 21.0. The number of carbonyl (C=O) groups is 3. The molecule has 4 rings (SSSR count). The Bertz CT molecular complexity index is 1480. The van der Waals surface area contributed by atoms with Gasteiger partial charge in [0.15, 0.2) is 11.5 Å². The molecular weight excluding hydrogens is 490 g/mol. The van der Waals surface area contributed by atoms with Gasteiger partial charge in [0.05, 0.1) is 17.2 Å². The highest BCUT2D eigenvalue weighted by atomic mass is 16.6. The molecule has 0 atom stereocenters. The SMILES string of the molecule is CCOc1cc(/C=C2\C(=O)NC(=O)N(c3ccc(C)c(C)c3)C2=O)ccc1OCc1cccc([N+](=O)[O-])c1. The van der Waals surface area contributed by atoms with Crippen molar-refractivity contribution in [3.8, 4) is 11.5 Å². The third-order valence-corrected chi connectivity index (χ3v) is 5.94. The highest BCUT2D eigenvalue weighted by molar-refractivity contribution is 6.39. The Hall–Kier alpha value is -4.99. The maximum Gasteiger partial charge on any atom is 0.335 e. The van der Waals surface area contributed by atoms with Crippen LogP contribution in [0.3, 0.4) is 0 Å². The molecule has 0 saturated carbocycles. The van der Waals surface area contributed by atoms with E-state index in [9.17, 15) is 24.5 Å². The predicted molar refractivity (Wildman–Crippen MR) is 140 cm³/mol. The number of rotatable bonds is 8. The number of barbiturate groups is 1. The fourth-order valence-electron chi connectivity index (χ4n) is 3.85. The number of nitro groups is 1. The van der Waals surface area contributed by atoms with Crippen LogP contribution in [0.1, 0.15) is 29.2 Å². The number of ether oxygens (including phenoxy) is 2. The molecule has 1 N–H and O–H groups in total. The van der Waals surface area contributed by atoms with Gasteiger partial charge in [-0.2, -0.15) is 0 Å². The van der Waals surface area contributed by atoms with E-state index in [1.807, 2.05) is 13.8 Å².